The number of hydrogen-bond acceptors (Lipinski definition) is 3. The third-order valence-electron chi connectivity index (χ3n) is 4.63. The normalized spacial score (nSPS) is 37.3. The first-order valence-electron chi connectivity index (χ1n) is 6.74. The van der Waals surface area contributed by atoms with Gasteiger partial charge in [0.2, 0.25) is 5.91 Å². The molecule has 3 aliphatic rings. The Morgan fingerprint density at radius 2 is 2.11 bits per heavy atom. The number of ether oxygens (including phenoxy) is 1. The molecule has 2 fully saturated rings. The summed E-state index contributed by atoms with van der Waals surface area (Å²) in [6.07, 6.45) is 7.33. The summed E-state index contributed by atoms with van der Waals surface area (Å²) in [5.41, 5.74) is 0. The number of fused-ring (bicyclic) bond motifs is 2. The third-order valence-corrected chi connectivity index (χ3v) is 4.63. The van der Waals surface area contributed by atoms with E-state index in [0.717, 1.165) is 19.3 Å². The molecule has 0 aromatic rings. The summed E-state index contributed by atoms with van der Waals surface area (Å²) in [7, 11) is 1.41. The average Bonchev–Trinajstić information content (AvgIpc) is 3.11. The minimum atomic E-state index is -0.182. The zero-order valence-corrected chi connectivity index (χ0v) is 10.7. The molecule has 2 bridgehead atoms. The topological polar surface area (TPSA) is 46.6 Å². The highest BCUT2D eigenvalue weighted by molar-refractivity contribution is 5.82. The Bertz CT molecular complexity index is 404. The zero-order valence-electron chi connectivity index (χ0n) is 10.7. The van der Waals surface area contributed by atoms with Crippen LogP contribution in [0.25, 0.3) is 0 Å². The van der Waals surface area contributed by atoms with Crippen LogP contribution in [0.4, 0.5) is 0 Å². The maximum absolute atomic E-state index is 12.4. The van der Waals surface area contributed by atoms with E-state index in [2.05, 4.69) is 12.2 Å². The number of amides is 1. The van der Waals surface area contributed by atoms with Crippen LogP contribution in [0.15, 0.2) is 12.2 Å². The Hall–Kier alpha value is -1.32. The Balaban J connectivity index is 1.61. The van der Waals surface area contributed by atoms with Gasteiger partial charge in [0, 0.05) is 19.0 Å². The molecule has 4 heteroatoms. The maximum Gasteiger partial charge on any atom is 0.310 e. The highest BCUT2D eigenvalue weighted by Crippen LogP contribution is 2.44. The highest BCUT2D eigenvalue weighted by atomic mass is 16.5. The quantitative estimate of drug-likeness (QED) is 0.546. The van der Waals surface area contributed by atoms with Crippen LogP contribution in [0.3, 0.4) is 0 Å². The number of carbonyl (C=O) groups is 2. The van der Waals surface area contributed by atoms with Crippen LogP contribution >= 0.6 is 0 Å². The molecule has 2 aliphatic carbocycles. The Morgan fingerprint density at radius 3 is 2.72 bits per heavy atom. The van der Waals surface area contributed by atoms with E-state index in [9.17, 15) is 9.59 Å². The molecule has 1 heterocycles. The number of esters is 1. The SMILES string of the molecule is COC(=O)C1CCN(C(=O)C2CC3C=CC2C3)C1. The van der Waals surface area contributed by atoms with Crippen molar-refractivity contribution in [2.24, 2.45) is 23.7 Å². The number of methoxy groups -OCH3 is 1. The molecular formula is C14H19NO3. The lowest BCUT2D eigenvalue weighted by molar-refractivity contribution is -0.145. The van der Waals surface area contributed by atoms with Gasteiger partial charge < -0.3 is 9.64 Å². The predicted molar refractivity (Wildman–Crippen MR) is 65.5 cm³/mol. The van der Waals surface area contributed by atoms with Gasteiger partial charge in [-0.25, -0.2) is 0 Å². The molecule has 4 atom stereocenters. The van der Waals surface area contributed by atoms with E-state index in [4.69, 9.17) is 4.74 Å². The van der Waals surface area contributed by atoms with E-state index in [1.807, 2.05) is 4.90 Å². The number of likely N-dealkylation sites (tertiary alicyclic amines) is 1. The van der Waals surface area contributed by atoms with E-state index >= 15 is 0 Å². The number of hydrogen-bond donors (Lipinski definition) is 0. The number of carbonyl (C=O) groups excluding carboxylic acids is 2. The second kappa shape index (κ2) is 4.41. The fraction of sp³-hybridized carbons (Fsp3) is 0.714. The van der Waals surface area contributed by atoms with Crippen molar-refractivity contribution in [3.8, 4) is 0 Å². The Kier molecular flexibility index (Phi) is 2.88. The van der Waals surface area contributed by atoms with Crippen LogP contribution in [0, 0.1) is 23.7 Å². The molecule has 0 aromatic carbocycles. The summed E-state index contributed by atoms with van der Waals surface area (Å²) < 4.78 is 4.75. The molecule has 0 radical (unpaired) electrons. The Morgan fingerprint density at radius 1 is 1.28 bits per heavy atom. The minimum absolute atomic E-state index is 0.118. The fourth-order valence-electron chi connectivity index (χ4n) is 3.62. The van der Waals surface area contributed by atoms with Gasteiger partial charge in [0.15, 0.2) is 0 Å². The third kappa shape index (κ3) is 1.84. The lowest BCUT2D eigenvalue weighted by Gasteiger charge is -2.24. The van der Waals surface area contributed by atoms with Crippen LogP contribution in [0.5, 0.6) is 0 Å². The molecule has 3 rings (SSSR count). The average molecular weight is 249 g/mol. The fourth-order valence-corrected chi connectivity index (χ4v) is 3.62. The molecule has 4 nitrogen and oxygen atoms in total. The summed E-state index contributed by atoms with van der Waals surface area (Å²) in [5, 5.41) is 0. The molecule has 1 aliphatic heterocycles. The van der Waals surface area contributed by atoms with Gasteiger partial charge in [0.1, 0.15) is 0 Å². The molecule has 0 N–H and O–H groups in total. The summed E-state index contributed by atoms with van der Waals surface area (Å²) in [6, 6.07) is 0. The van der Waals surface area contributed by atoms with Crippen molar-refractivity contribution in [3.63, 3.8) is 0 Å². The second-order valence-corrected chi connectivity index (χ2v) is 5.68. The largest absolute Gasteiger partial charge is 0.469 e. The lowest BCUT2D eigenvalue weighted by Crippen LogP contribution is -2.36. The Labute approximate surface area is 107 Å². The highest BCUT2D eigenvalue weighted by Gasteiger charge is 2.43. The first kappa shape index (κ1) is 11.8. The van der Waals surface area contributed by atoms with Crippen molar-refractivity contribution in [1.82, 2.24) is 4.90 Å². The molecule has 1 amide bonds. The standard InChI is InChI=1S/C14H19NO3/c1-18-14(17)11-4-5-15(8-11)13(16)12-7-9-2-3-10(12)6-9/h2-3,9-12H,4-8H2,1H3. The summed E-state index contributed by atoms with van der Waals surface area (Å²) >= 11 is 0. The van der Waals surface area contributed by atoms with Gasteiger partial charge in [-0.2, -0.15) is 0 Å². The van der Waals surface area contributed by atoms with Gasteiger partial charge >= 0.3 is 5.97 Å². The summed E-state index contributed by atoms with van der Waals surface area (Å²) in [5.74, 6) is 1.17. The smallest absolute Gasteiger partial charge is 0.310 e. The number of allylic oxidation sites excluding steroid dienone is 2. The maximum atomic E-state index is 12.4. The molecule has 1 saturated heterocycles. The molecule has 0 spiro atoms. The zero-order chi connectivity index (χ0) is 12.7. The number of rotatable bonds is 2. The van der Waals surface area contributed by atoms with Crippen LogP contribution in [-0.4, -0.2) is 37.0 Å². The monoisotopic (exact) mass is 249 g/mol. The van der Waals surface area contributed by atoms with Crippen molar-refractivity contribution in [3.05, 3.63) is 12.2 Å². The van der Waals surface area contributed by atoms with Crippen molar-refractivity contribution >= 4 is 11.9 Å². The molecule has 98 valence electrons. The second-order valence-electron chi connectivity index (χ2n) is 5.68. The first-order valence-corrected chi connectivity index (χ1v) is 6.74. The van der Waals surface area contributed by atoms with Crippen molar-refractivity contribution < 1.29 is 14.3 Å². The van der Waals surface area contributed by atoms with Gasteiger partial charge in [-0.15, -0.1) is 0 Å². The first-order chi connectivity index (χ1) is 8.69. The van der Waals surface area contributed by atoms with Gasteiger partial charge in [-0.05, 0) is 31.1 Å². The number of nitrogens with zero attached hydrogens (tertiary/aromatic N) is 1. The molecule has 1 saturated carbocycles. The van der Waals surface area contributed by atoms with Crippen molar-refractivity contribution in [2.75, 3.05) is 20.2 Å². The van der Waals surface area contributed by atoms with Gasteiger partial charge in [0.25, 0.3) is 0 Å². The summed E-state index contributed by atoms with van der Waals surface area (Å²) in [4.78, 5) is 25.8. The van der Waals surface area contributed by atoms with E-state index in [0.29, 0.717) is 24.9 Å². The van der Waals surface area contributed by atoms with E-state index in [-0.39, 0.29) is 23.7 Å². The van der Waals surface area contributed by atoms with E-state index in [1.165, 1.54) is 7.11 Å². The van der Waals surface area contributed by atoms with Crippen LogP contribution in [0.2, 0.25) is 0 Å². The predicted octanol–water partition coefficient (Wildman–Crippen LogP) is 1.22. The molecular weight excluding hydrogens is 230 g/mol. The van der Waals surface area contributed by atoms with Crippen LogP contribution in [0.1, 0.15) is 19.3 Å². The van der Waals surface area contributed by atoms with Crippen LogP contribution < -0.4 is 0 Å². The lowest BCUT2D eigenvalue weighted by atomic mass is 9.92. The molecule has 18 heavy (non-hydrogen) atoms. The van der Waals surface area contributed by atoms with Gasteiger partial charge in [0.05, 0.1) is 13.0 Å². The minimum Gasteiger partial charge on any atom is -0.469 e. The van der Waals surface area contributed by atoms with Crippen molar-refractivity contribution in [2.45, 2.75) is 19.3 Å². The molecule has 4 unspecified atom stereocenters. The molecule has 0 aromatic heterocycles. The van der Waals surface area contributed by atoms with Crippen molar-refractivity contribution in [1.29, 1.82) is 0 Å². The van der Waals surface area contributed by atoms with Gasteiger partial charge in [-0.1, -0.05) is 12.2 Å². The van der Waals surface area contributed by atoms with Gasteiger partial charge in [-0.3, -0.25) is 9.59 Å². The van der Waals surface area contributed by atoms with E-state index < -0.39 is 0 Å². The van der Waals surface area contributed by atoms with Crippen LogP contribution in [-0.2, 0) is 14.3 Å². The van der Waals surface area contributed by atoms with E-state index in [1.54, 1.807) is 0 Å². The summed E-state index contributed by atoms with van der Waals surface area (Å²) in [6.45, 7) is 1.25.